The summed E-state index contributed by atoms with van der Waals surface area (Å²) in [5.41, 5.74) is 1.30. The molecule has 1 aliphatic heterocycles. The van der Waals surface area contributed by atoms with Gasteiger partial charge in [0, 0.05) is 43.8 Å². The largest absolute Gasteiger partial charge is 0.310 e. The molecule has 0 radical (unpaired) electrons. The third-order valence-corrected chi connectivity index (χ3v) is 4.56. The Kier molecular flexibility index (Phi) is 6.49. The van der Waals surface area contributed by atoms with Crippen molar-refractivity contribution in [3.63, 3.8) is 0 Å². The topological polar surface area (TPSA) is 18.5 Å². The quantitative estimate of drug-likeness (QED) is 0.872. The lowest BCUT2D eigenvalue weighted by Gasteiger charge is -2.34. The SMILES string of the molecule is C[C@@H](CN[C@H](C)c1ccc(Cl)cc1)CN1CCN(C)CC1. The van der Waals surface area contributed by atoms with Crippen LogP contribution in [0.5, 0.6) is 0 Å². The van der Waals surface area contributed by atoms with Crippen molar-refractivity contribution in [1.82, 2.24) is 15.1 Å². The van der Waals surface area contributed by atoms with Crippen LogP contribution in [0.2, 0.25) is 5.02 Å². The molecule has 0 aliphatic carbocycles. The van der Waals surface area contributed by atoms with Crippen molar-refractivity contribution in [2.24, 2.45) is 5.92 Å². The van der Waals surface area contributed by atoms with E-state index in [9.17, 15) is 0 Å². The van der Waals surface area contributed by atoms with Crippen molar-refractivity contribution in [1.29, 1.82) is 0 Å². The van der Waals surface area contributed by atoms with Gasteiger partial charge in [0.15, 0.2) is 0 Å². The van der Waals surface area contributed by atoms with E-state index in [-0.39, 0.29) is 0 Å². The summed E-state index contributed by atoms with van der Waals surface area (Å²) in [6, 6.07) is 8.50. The molecule has 0 saturated carbocycles. The Labute approximate surface area is 134 Å². The molecule has 118 valence electrons. The fourth-order valence-corrected chi connectivity index (χ4v) is 2.91. The van der Waals surface area contributed by atoms with Gasteiger partial charge < -0.3 is 15.1 Å². The van der Waals surface area contributed by atoms with E-state index < -0.39 is 0 Å². The van der Waals surface area contributed by atoms with Crippen LogP contribution in [-0.4, -0.2) is 56.1 Å². The molecule has 0 spiro atoms. The molecule has 0 aromatic heterocycles. The van der Waals surface area contributed by atoms with Crippen molar-refractivity contribution >= 4 is 11.6 Å². The van der Waals surface area contributed by atoms with Gasteiger partial charge in [-0.25, -0.2) is 0 Å². The van der Waals surface area contributed by atoms with E-state index in [1.807, 2.05) is 12.1 Å². The van der Waals surface area contributed by atoms with Crippen molar-refractivity contribution in [3.8, 4) is 0 Å². The molecule has 0 unspecified atom stereocenters. The van der Waals surface area contributed by atoms with Crippen molar-refractivity contribution in [2.75, 3.05) is 46.3 Å². The standard InChI is InChI=1S/C17H28ClN3/c1-14(13-21-10-8-20(3)9-11-21)12-19-15(2)16-4-6-17(18)7-5-16/h4-7,14-15,19H,8-13H2,1-3H3/t14-,15+/m0/s1. The zero-order valence-corrected chi connectivity index (χ0v) is 14.2. The molecule has 3 nitrogen and oxygen atoms in total. The number of rotatable bonds is 6. The van der Waals surface area contributed by atoms with Gasteiger partial charge in [0.05, 0.1) is 0 Å². The first kappa shape index (κ1) is 16.8. The van der Waals surface area contributed by atoms with Crippen LogP contribution in [-0.2, 0) is 0 Å². The minimum atomic E-state index is 0.372. The highest BCUT2D eigenvalue weighted by molar-refractivity contribution is 6.30. The molecule has 1 aliphatic rings. The van der Waals surface area contributed by atoms with E-state index in [2.05, 4.69) is 48.1 Å². The Morgan fingerprint density at radius 1 is 1.10 bits per heavy atom. The highest BCUT2D eigenvalue weighted by Gasteiger charge is 2.16. The van der Waals surface area contributed by atoms with Crippen LogP contribution in [0, 0.1) is 5.92 Å². The van der Waals surface area contributed by atoms with Crippen LogP contribution in [0.15, 0.2) is 24.3 Å². The Balaban J connectivity index is 1.70. The number of benzene rings is 1. The monoisotopic (exact) mass is 309 g/mol. The van der Waals surface area contributed by atoms with E-state index >= 15 is 0 Å². The lowest BCUT2D eigenvalue weighted by atomic mass is 10.1. The zero-order chi connectivity index (χ0) is 15.2. The molecule has 1 heterocycles. The second kappa shape index (κ2) is 8.14. The van der Waals surface area contributed by atoms with Gasteiger partial charge in [-0.15, -0.1) is 0 Å². The molecule has 21 heavy (non-hydrogen) atoms. The lowest BCUT2D eigenvalue weighted by Crippen LogP contribution is -2.46. The molecule has 4 heteroatoms. The zero-order valence-electron chi connectivity index (χ0n) is 13.5. The van der Waals surface area contributed by atoms with E-state index in [0.717, 1.165) is 11.6 Å². The molecule has 0 bridgehead atoms. The smallest absolute Gasteiger partial charge is 0.0406 e. The van der Waals surface area contributed by atoms with Gasteiger partial charge in [-0.1, -0.05) is 30.7 Å². The third-order valence-electron chi connectivity index (χ3n) is 4.31. The van der Waals surface area contributed by atoms with Crippen LogP contribution in [0.4, 0.5) is 0 Å². The molecule has 1 saturated heterocycles. The van der Waals surface area contributed by atoms with E-state index in [1.54, 1.807) is 0 Å². The van der Waals surface area contributed by atoms with Gasteiger partial charge in [0.1, 0.15) is 0 Å². The van der Waals surface area contributed by atoms with Crippen LogP contribution in [0.25, 0.3) is 0 Å². The second-order valence-corrected chi connectivity index (χ2v) is 6.83. The summed E-state index contributed by atoms with van der Waals surface area (Å²) in [4.78, 5) is 4.99. The van der Waals surface area contributed by atoms with E-state index in [1.165, 1.54) is 38.3 Å². The molecule has 2 atom stereocenters. The maximum Gasteiger partial charge on any atom is 0.0406 e. The highest BCUT2D eigenvalue weighted by Crippen LogP contribution is 2.16. The van der Waals surface area contributed by atoms with Crippen LogP contribution in [0.1, 0.15) is 25.5 Å². The summed E-state index contributed by atoms with van der Waals surface area (Å²) in [7, 11) is 2.20. The summed E-state index contributed by atoms with van der Waals surface area (Å²) < 4.78 is 0. The summed E-state index contributed by atoms with van der Waals surface area (Å²) in [5, 5.41) is 4.44. The molecule has 1 aromatic rings. The molecule has 1 fully saturated rings. The molecule has 0 amide bonds. The first-order valence-electron chi connectivity index (χ1n) is 7.94. The predicted molar refractivity (Wildman–Crippen MR) is 91.0 cm³/mol. The fourth-order valence-electron chi connectivity index (χ4n) is 2.78. The number of nitrogens with zero attached hydrogens (tertiary/aromatic N) is 2. The first-order valence-corrected chi connectivity index (χ1v) is 8.32. The molecular formula is C17H28ClN3. The van der Waals surface area contributed by atoms with Crippen LogP contribution >= 0.6 is 11.6 Å². The minimum absolute atomic E-state index is 0.372. The van der Waals surface area contributed by atoms with Gasteiger partial charge in [-0.2, -0.15) is 0 Å². The minimum Gasteiger partial charge on any atom is -0.310 e. The molecule has 1 aromatic carbocycles. The number of hydrogen-bond acceptors (Lipinski definition) is 3. The summed E-state index contributed by atoms with van der Waals surface area (Å²) >= 11 is 5.93. The number of likely N-dealkylation sites (N-methyl/N-ethyl adjacent to an activating group) is 1. The van der Waals surface area contributed by atoms with Crippen molar-refractivity contribution in [2.45, 2.75) is 19.9 Å². The predicted octanol–water partition coefficient (Wildman–Crippen LogP) is 2.87. The average Bonchev–Trinajstić information content (AvgIpc) is 2.48. The maximum atomic E-state index is 5.93. The summed E-state index contributed by atoms with van der Waals surface area (Å²) in [5.74, 6) is 0.670. The average molecular weight is 310 g/mol. The third kappa shape index (κ3) is 5.59. The second-order valence-electron chi connectivity index (χ2n) is 6.39. The van der Waals surface area contributed by atoms with Crippen molar-refractivity contribution < 1.29 is 0 Å². The van der Waals surface area contributed by atoms with E-state index in [0.29, 0.717) is 12.0 Å². The van der Waals surface area contributed by atoms with Gasteiger partial charge in [-0.05, 0) is 44.1 Å². The first-order chi connectivity index (χ1) is 10.0. The van der Waals surface area contributed by atoms with Gasteiger partial charge in [-0.3, -0.25) is 0 Å². The highest BCUT2D eigenvalue weighted by atomic mass is 35.5. The normalized spacial score (nSPS) is 20.4. The van der Waals surface area contributed by atoms with Gasteiger partial charge >= 0.3 is 0 Å². The van der Waals surface area contributed by atoms with Crippen molar-refractivity contribution in [3.05, 3.63) is 34.9 Å². The Bertz CT molecular complexity index is 413. The van der Waals surface area contributed by atoms with E-state index in [4.69, 9.17) is 11.6 Å². The summed E-state index contributed by atoms with van der Waals surface area (Å²) in [6.45, 7) is 11.6. The Hall–Kier alpha value is -0.610. The maximum absolute atomic E-state index is 5.93. The van der Waals surface area contributed by atoms with Crippen LogP contribution < -0.4 is 5.32 Å². The summed E-state index contributed by atoms with van der Waals surface area (Å²) in [6.07, 6.45) is 0. The van der Waals surface area contributed by atoms with Gasteiger partial charge in [0.25, 0.3) is 0 Å². The Morgan fingerprint density at radius 2 is 1.71 bits per heavy atom. The van der Waals surface area contributed by atoms with Crippen LogP contribution in [0.3, 0.4) is 0 Å². The number of hydrogen-bond donors (Lipinski definition) is 1. The molecular weight excluding hydrogens is 282 g/mol. The fraction of sp³-hybridized carbons (Fsp3) is 0.647. The molecule has 1 N–H and O–H groups in total. The Morgan fingerprint density at radius 3 is 2.33 bits per heavy atom. The number of piperazine rings is 1. The molecule has 2 rings (SSSR count). The lowest BCUT2D eigenvalue weighted by molar-refractivity contribution is 0.138. The number of halogens is 1. The van der Waals surface area contributed by atoms with Gasteiger partial charge in [0.2, 0.25) is 0 Å². The number of nitrogens with one attached hydrogen (secondary N) is 1.